The van der Waals surface area contributed by atoms with E-state index in [1.54, 1.807) is 41.8 Å². The third kappa shape index (κ3) is 1.83. The average Bonchev–Trinajstić information content (AvgIpc) is 2.79. The molecule has 0 saturated carbocycles. The molecule has 2 aromatic rings. The maximum Gasteiger partial charge on any atom is 0.219 e. The highest BCUT2D eigenvalue weighted by molar-refractivity contribution is 7.93. The van der Waals surface area contributed by atoms with Crippen molar-refractivity contribution >= 4 is 21.2 Å². The van der Waals surface area contributed by atoms with Crippen molar-refractivity contribution in [3.63, 3.8) is 0 Å². The topological polar surface area (TPSA) is 43.4 Å². The number of methoxy groups -OCH3 is 1. The summed E-state index contributed by atoms with van der Waals surface area (Å²) in [5, 5.41) is 1.70. The summed E-state index contributed by atoms with van der Waals surface area (Å²) >= 11 is 1.16. The van der Waals surface area contributed by atoms with Gasteiger partial charge in [0, 0.05) is 0 Å². The van der Waals surface area contributed by atoms with Crippen LogP contribution in [0.5, 0.6) is 5.75 Å². The summed E-state index contributed by atoms with van der Waals surface area (Å²) in [7, 11) is -1.98. The van der Waals surface area contributed by atoms with Crippen molar-refractivity contribution in [2.75, 3.05) is 7.11 Å². The minimum atomic E-state index is -3.44. The second-order valence-corrected chi connectivity index (χ2v) is 6.15. The fourth-order valence-corrected chi connectivity index (χ4v) is 4.03. The summed E-state index contributed by atoms with van der Waals surface area (Å²) in [6.45, 7) is 0. The maximum absolute atomic E-state index is 12.2. The van der Waals surface area contributed by atoms with Gasteiger partial charge in [0.1, 0.15) is 5.75 Å². The maximum atomic E-state index is 12.2. The van der Waals surface area contributed by atoms with Crippen LogP contribution in [0.3, 0.4) is 0 Å². The van der Waals surface area contributed by atoms with Crippen molar-refractivity contribution in [1.82, 2.24) is 0 Å². The van der Waals surface area contributed by atoms with Gasteiger partial charge in [0.05, 0.1) is 12.0 Å². The molecule has 1 aromatic heterocycles. The molecule has 0 aliphatic heterocycles. The molecule has 0 radical (unpaired) electrons. The summed E-state index contributed by atoms with van der Waals surface area (Å²) in [5.74, 6) is 0.397. The quantitative estimate of drug-likeness (QED) is 0.845. The molecule has 0 N–H and O–H groups in total. The molecule has 1 heterocycles. The number of rotatable bonds is 3. The van der Waals surface area contributed by atoms with Crippen LogP contribution in [0.15, 0.2) is 50.9 Å². The Kier molecular flexibility index (Phi) is 2.98. The Bertz CT molecular complexity index is 570. The lowest BCUT2D eigenvalue weighted by Crippen LogP contribution is -2.01. The first kappa shape index (κ1) is 11.2. The normalized spacial score (nSPS) is 11.3. The van der Waals surface area contributed by atoms with Crippen molar-refractivity contribution in [2.45, 2.75) is 9.10 Å². The largest absolute Gasteiger partial charge is 0.494 e. The Morgan fingerprint density at radius 3 is 2.44 bits per heavy atom. The van der Waals surface area contributed by atoms with Gasteiger partial charge in [0.25, 0.3) is 0 Å². The van der Waals surface area contributed by atoms with Gasteiger partial charge in [-0.2, -0.15) is 0 Å². The lowest BCUT2D eigenvalue weighted by Gasteiger charge is -2.04. The predicted octanol–water partition coefficient (Wildman–Crippen LogP) is 2.59. The van der Waals surface area contributed by atoms with Gasteiger partial charge >= 0.3 is 0 Å². The van der Waals surface area contributed by atoms with Crippen LogP contribution in [0, 0.1) is 0 Å². The first-order valence-electron chi connectivity index (χ1n) is 4.58. The third-order valence-corrected chi connectivity index (χ3v) is 5.33. The lowest BCUT2D eigenvalue weighted by atomic mass is 10.4. The van der Waals surface area contributed by atoms with Gasteiger partial charge < -0.3 is 4.74 Å². The molecule has 3 nitrogen and oxygen atoms in total. The number of sulfone groups is 1. The van der Waals surface area contributed by atoms with Crippen LogP contribution >= 0.6 is 11.3 Å². The number of hydrogen-bond acceptors (Lipinski definition) is 4. The molecule has 0 unspecified atom stereocenters. The Balaban J connectivity index is 2.56. The minimum absolute atomic E-state index is 0.251. The van der Waals surface area contributed by atoms with Gasteiger partial charge in [-0.3, -0.25) is 0 Å². The SMILES string of the molecule is COc1ccsc1S(=O)(=O)c1ccccc1. The molecule has 0 spiro atoms. The number of thiophene rings is 1. The van der Waals surface area contributed by atoms with E-state index in [0.717, 1.165) is 11.3 Å². The van der Waals surface area contributed by atoms with Crippen LogP contribution in [0.1, 0.15) is 0 Å². The first-order valence-corrected chi connectivity index (χ1v) is 6.94. The average molecular weight is 254 g/mol. The number of hydrogen-bond donors (Lipinski definition) is 0. The highest BCUT2D eigenvalue weighted by Crippen LogP contribution is 2.33. The van der Waals surface area contributed by atoms with Gasteiger partial charge in [-0.25, -0.2) is 8.42 Å². The van der Waals surface area contributed by atoms with E-state index in [1.807, 2.05) is 0 Å². The molecule has 0 bridgehead atoms. The molecule has 16 heavy (non-hydrogen) atoms. The molecule has 0 atom stereocenters. The zero-order valence-corrected chi connectivity index (χ0v) is 10.2. The van der Waals surface area contributed by atoms with Crippen LogP contribution in [0.2, 0.25) is 0 Å². The Morgan fingerprint density at radius 2 is 1.81 bits per heavy atom. The second kappa shape index (κ2) is 4.27. The van der Waals surface area contributed by atoms with Crippen LogP contribution in [0.4, 0.5) is 0 Å². The van der Waals surface area contributed by atoms with Crippen LogP contribution < -0.4 is 4.74 Å². The molecule has 0 saturated heterocycles. The zero-order chi connectivity index (χ0) is 11.6. The van der Waals surface area contributed by atoms with Gasteiger partial charge in [-0.15, -0.1) is 11.3 Å². The van der Waals surface area contributed by atoms with Crippen LogP contribution in [0.25, 0.3) is 0 Å². The summed E-state index contributed by atoms with van der Waals surface area (Å²) in [6.07, 6.45) is 0. The van der Waals surface area contributed by atoms with E-state index in [1.165, 1.54) is 7.11 Å². The van der Waals surface area contributed by atoms with E-state index in [9.17, 15) is 8.42 Å². The summed E-state index contributed by atoms with van der Waals surface area (Å²) < 4.78 is 29.7. The van der Waals surface area contributed by atoms with Crippen molar-refractivity contribution in [3.8, 4) is 5.75 Å². The third-order valence-electron chi connectivity index (χ3n) is 2.11. The second-order valence-electron chi connectivity index (χ2n) is 3.09. The molecule has 84 valence electrons. The molecule has 5 heteroatoms. The molecule has 0 fully saturated rings. The zero-order valence-electron chi connectivity index (χ0n) is 8.58. The van der Waals surface area contributed by atoms with E-state index in [-0.39, 0.29) is 9.10 Å². The van der Waals surface area contributed by atoms with Crippen molar-refractivity contribution < 1.29 is 13.2 Å². The highest BCUT2D eigenvalue weighted by atomic mass is 32.2. The minimum Gasteiger partial charge on any atom is -0.494 e. The Hall–Kier alpha value is -1.33. The van der Waals surface area contributed by atoms with Crippen LogP contribution in [-0.4, -0.2) is 15.5 Å². The highest BCUT2D eigenvalue weighted by Gasteiger charge is 2.23. The molecule has 0 aliphatic rings. The lowest BCUT2D eigenvalue weighted by molar-refractivity contribution is 0.406. The Labute approximate surface area is 98.2 Å². The van der Waals surface area contributed by atoms with E-state index in [4.69, 9.17) is 4.74 Å². The van der Waals surface area contributed by atoms with Gasteiger partial charge in [-0.05, 0) is 23.6 Å². The summed E-state index contributed by atoms with van der Waals surface area (Å²) in [6, 6.07) is 9.99. The standard InChI is InChI=1S/C11H10O3S2/c1-14-10-7-8-15-11(10)16(12,13)9-5-3-2-4-6-9/h2-8H,1H3. The number of benzene rings is 1. The number of ether oxygens (including phenoxy) is 1. The summed E-state index contributed by atoms with van der Waals surface area (Å²) in [5.41, 5.74) is 0. The molecular formula is C11H10O3S2. The predicted molar refractivity (Wildman–Crippen MR) is 62.8 cm³/mol. The monoisotopic (exact) mass is 254 g/mol. The van der Waals surface area contributed by atoms with Crippen LogP contribution in [-0.2, 0) is 9.84 Å². The molecular weight excluding hydrogens is 244 g/mol. The van der Waals surface area contributed by atoms with Crippen molar-refractivity contribution in [3.05, 3.63) is 41.8 Å². The smallest absolute Gasteiger partial charge is 0.219 e. The van der Waals surface area contributed by atoms with Crippen molar-refractivity contribution in [1.29, 1.82) is 0 Å². The van der Waals surface area contributed by atoms with Gasteiger partial charge in [-0.1, -0.05) is 18.2 Å². The van der Waals surface area contributed by atoms with E-state index >= 15 is 0 Å². The summed E-state index contributed by atoms with van der Waals surface area (Å²) in [4.78, 5) is 0.288. The van der Waals surface area contributed by atoms with Gasteiger partial charge in [0.2, 0.25) is 9.84 Å². The van der Waals surface area contributed by atoms with E-state index in [0.29, 0.717) is 5.75 Å². The molecule has 1 aromatic carbocycles. The van der Waals surface area contributed by atoms with Gasteiger partial charge in [0.15, 0.2) is 4.21 Å². The van der Waals surface area contributed by atoms with Crippen molar-refractivity contribution in [2.24, 2.45) is 0 Å². The fraction of sp³-hybridized carbons (Fsp3) is 0.0909. The first-order chi connectivity index (χ1) is 7.66. The Morgan fingerprint density at radius 1 is 1.12 bits per heavy atom. The molecule has 0 amide bonds. The molecule has 2 rings (SSSR count). The van der Waals surface area contributed by atoms with E-state index < -0.39 is 9.84 Å². The fourth-order valence-electron chi connectivity index (χ4n) is 1.34. The van der Waals surface area contributed by atoms with E-state index in [2.05, 4.69) is 0 Å². The molecule has 0 aliphatic carbocycles.